The van der Waals surface area contributed by atoms with E-state index in [1.54, 1.807) is 12.1 Å². The second-order valence-electron chi connectivity index (χ2n) is 5.97. The van der Waals surface area contributed by atoms with Crippen molar-refractivity contribution in [3.63, 3.8) is 0 Å². The van der Waals surface area contributed by atoms with Crippen LogP contribution >= 0.6 is 11.6 Å². The molecule has 0 spiro atoms. The molecule has 24 heavy (non-hydrogen) atoms. The maximum atomic E-state index is 12.8. The number of hydrogen-bond acceptors (Lipinski definition) is 4. The van der Waals surface area contributed by atoms with Gasteiger partial charge in [-0.25, -0.2) is 0 Å². The number of carbonyl (C=O) groups is 1. The molecule has 5 nitrogen and oxygen atoms in total. The normalized spacial score (nSPS) is 17.7. The third-order valence-corrected chi connectivity index (χ3v) is 4.34. The molecule has 0 saturated carbocycles. The second kappa shape index (κ2) is 9.14. The van der Waals surface area contributed by atoms with Crippen LogP contribution in [-0.2, 0) is 0 Å². The van der Waals surface area contributed by atoms with Crippen LogP contribution in [-0.4, -0.2) is 49.7 Å². The van der Waals surface area contributed by atoms with Crippen LogP contribution < -0.4 is 14.8 Å². The average molecular weight is 355 g/mol. The Kier molecular flexibility index (Phi) is 7.18. The number of hydrogen-bond donors (Lipinski definition) is 1. The van der Waals surface area contributed by atoms with Crippen molar-refractivity contribution in [2.75, 3.05) is 32.8 Å². The van der Waals surface area contributed by atoms with E-state index in [0.29, 0.717) is 41.8 Å². The lowest BCUT2D eigenvalue weighted by atomic mass is 10.1. The number of nitrogens with one attached hydrogen (secondary N) is 1. The molecule has 1 aromatic carbocycles. The number of ether oxygens (including phenoxy) is 2. The Morgan fingerprint density at radius 1 is 1.38 bits per heavy atom. The molecule has 134 valence electrons. The van der Waals surface area contributed by atoms with Crippen molar-refractivity contribution in [3.05, 3.63) is 22.7 Å². The van der Waals surface area contributed by atoms with Crippen molar-refractivity contribution in [1.29, 1.82) is 0 Å². The second-order valence-corrected chi connectivity index (χ2v) is 6.38. The maximum absolute atomic E-state index is 12.8. The van der Waals surface area contributed by atoms with Gasteiger partial charge in [0.15, 0.2) is 11.5 Å². The Morgan fingerprint density at radius 2 is 2.17 bits per heavy atom. The fraction of sp³-hybridized carbons (Fsp3) is 0.611. The summed E-state index contributed by atoms with van der Waals surface area (Å²) < 4.78 is 11.4. The van der Waals surface area contributed by atoms with Gasteiger partial charge < -0.3 is 19.7 Å². The Hall–Kier alpha value is -1.46. The Morgan fingerprint density at radius 3 is 2.83 bits per heavy atom. The van der Waals surface area contributed by atoms with E-state index in [0.717, 1.165) is 25.9 Å². The molecule has 1 N–H and O–H groups in total. The largest absolute Gasteiger partial charge is 0.490 e. The molecule has 1 aromatic rings. The topological polar surface area (TPSA) is 50.8 Å². The molecule has 1 aliphatic rings. The molecular weight excluding hydrogens is 328 g/mol. The van der Waals surface area contributed by atoms with Crippen LogP contribution in [0.5, 0.6) is 11.5 Å². The van der Waals surface area contributed by atoms with E-state index in [1.165, 1.54) is 0 Å². The molecule has 1 amide bonds. The summed E-state index contributed by atoms with van der Waals surface area (Å²) in [6.07, 6.45) is 1.99. The number of unbranched alkanes of at least 4 members (excludes halogenated alkanes) is 1. The zero-order chi connectivity index (χ0) is 17.5. The number of nitrogens with zero attached hydrogens (tertiary/aromatic N) is 1. The van der Waals surface area contributed by atoms with Gasteiger partial charge in [-0.1, -0.05) is 24.9 Å². The summed E-state index contributed by atoms with van der Waals surface area (Å²) in [4.78, 5) is 14.7. The summed E-state index contributed by atoms with van der Waals surface area (Å²) in [6, 6.07) is 3.58. The number of piperazine rings is 1. The third-order valence-electron chi connectivity index (χ3n) is 4.06. The van der Waals surface area contributed by atoms with Gasteiger partial charge in [0.05, 0.1) is 18.2 Å². The summed E-state index contributed by atoms with van der Waals surface area (Å²) in [7, 11) is 0. The lowest BCUT2D eigenvalue weighted by Crippen LogP contribution is -2.52. The van der Waals surface area contributed by atoms with Crippen LogP contribution in [0.1, 0.15) is 44.0 Å². The van der Waals surface area contributed by atoms with Gasteiger partial charge in [0, 0.05) is 31.2 Å². The van der Waals surface area contributed by atoms with E-state index < -0.39 is 0 Å². The van der Waals surface area contributed by atoms with Crippen LogP contribution in [0.2, 0.25) is 5.02 Å². The van der Waals surface area contributed by atoms with Gasteiger partial charge in [-0.2, -0.15) is 0 Å². The highest BCUT2D eigenvalue weighted by Gasteiger charge is 2.26. The van der Waals surface area contributed by atoms with E-state index in [-0.39, 0.29) is 11.9 Å². The molecule has 1 aliphatic heterocycles. The van der Waals surface area contributed by atoms with Crippen molar-refractivity contribution in [2.24, 2.45) is 0 Å². The summed E-state index contributed by atoms with van der Waals surface area (Å²) in [5.41, 5.74) is 0.542. The number of rotatable bonds is 7. The van der Waals surface area contributed by atoms with Crippen molar-refractivity contribution in [1.82, 2.24) is 10.2 Å². The first kappa shape index (κ1) is 18.9. The molecule has 0 aliphatic carbocycles. The van der Waals surface area contributed by atoms with Gasteiger partial charge in [-0.15, -0.1) is 0 Å². The highest BCUT2D eigenvalue weighted by Crippen LogP contribution is 2.37. The first-order valence-corrected chi connectivity index (χ1v) is 9.07. The van der Waals surface area contributed by atoms with Gasteiger partial charge in [-0.3, -0.25) is 4.79 Å². The highest BCUT2D eigenvalue weighted by molar-refractivity contribution is 6.32. The number of carbonyl (C=O) groups excluding carboxylic acids is 1. The SMILES string of the molecule is CCCCOc1c(Cl)cc(C(=O)N2CCNCC2C)cc1OCC. The lowest BCUT2D eigenvalue weighted by Gasteiger charge is -2.34. The Labute approximate surface area is 149 Å². The predicted molar refractivity (Wildman–Crippen MR) is 96.4 cm³/mol. The predicted octanol–water partition coefficient (Wildman–Crippen LogP) is 3.35. The van der Waals surface area contributed by atoms with Crippen LogP contribution in [0.25, 0.3) is 0 Å². The molecule has 0 aromatic heterocycles. The van der Waals surface area contributed by atoms with Crippen molar-refractivity contribution in [2.45, 2.75) is 39.7 Å². The standard InChI is InChI=1S/C18H27ClN2O3/c1-4-6-9-24-17-15(19)10-14(11-16(17)23-5-2)18(22)21-8-7-20-12-13(21)3/h10-11,13,20H,4-9,12H2,1-3H3. The lowest BCUT2D eigenvalue weighted by molar-refractivity contribution is 0.0655. The minimum Gasteiger partial charge on any atom is -0.490 e. The zero-order valence-corrected chi connectivity index (χ0v) is 15.5. The van der Waals surface area contributed by atoms with Gasteiger partial charge in [-0.05, 0) is 32.4 Å². The molecule has 1 heterocycles. The van der Waals surface area contributed by atoms with Crippen LogP contribution in [0.15, 0.2) is 12.1 Å². The first-order valence-electron chi connectivity index (χ1n) is 8.69. The average Bonchev–Trinajstić information content (AvgIpc) is 2.57. The van der Waals surface area contributed by atoms with Crippen LogP contribution in [0, 0.1) is 0 Å². The van der Waals surface area contributed by atoms with Crippen LogP contribution in [0.3, 0.4) is 0 Å². The number of benzene rings is 1. The molecule has 6 heteroatoms. The fourth-order valence-corrected chi connectivity index (χ4v) is 2.99. The zero-order valence-electron chi connectivity index (χ0n) is 14.7. The third kappa shape index (κ3) is 4.54. The van der Waals surface area contributed by atoms with E-state index in [4.69, 9.17) is 21.1 Å². The van der Waals surface area contributed by atoms with E-state index >= 15 is 0 Å². The molecule has 2 rings (SSSR count). The molecule has 1 saturated heterocycles. The fourth-order valence-electron chi connectivity index (χ4n) is 2.72. The summed E-state index contributed by atoms with van der Waals surface area (Å²) in [5.74, 6) is 1.04. The van der Waals surface area contributed by atoms with E-state index in [1.807, 2.05) is 18.7 Å². The maximum Gasteiger partial charge on any atom is 0.254 e. The van der Waals surface area contributed by atoms with Gasteiger partial charge >= 0.3 is 0 Å². The number of amides is 1. The van der Waals surface area contributed by atoms with Gasteiger partial charge in [0.1, 0.15) is 0 Å². The van der Waals surface area contributed by atoms with Gasteiger partial charge in [0.25, 0.3) is 5.91 Å². The summed E-state index contributed by atoms with van der Waals surface area (Å²) in [5, 5.41) is 3.71. The Balaban J connectivity index is 2.25. The first-order chi connectivity index (χ1) is 11.6. The monoisotopic (exact) mass is 354 g/mol. The van der Waals surface area contributed by atoms with E-state index in [9.17, 15) is 4.79 Å². The molecule has 1 unspecified atom stereocenters. The number of halogens is 1. The molecule has 0 bridgehead atoms. The van der Waals surface area contributed by atoms with Crippen LogP contribution in [0.4, 0.5) is 0 Å². The molecule has 1 fully saturated rings. The van der Waals surface area contributed by atoms with E-state index in [2.05, 4.69) is 12.2 Å². The van der Waals surface area contributed by atoms with Gasteiger partial charge in [0.2, 0.25) is 0 Å². The van der Waals surface area contributed by atoms with Crippen molar-refractivity contribution >= 4 is 17.5 Å². The smallest absolute Gasteiger partial charge is 0.254 e. The summed E-state index contributed by atoms with van der Waals surface area (Å²) in [6.45, 7) is 9.41. The molecule has 1 atom stereocenters. The van der Waals surface area contributed by atoms with Crippen molar-refractivity contribution in [3.8, 4) is 11.5 Å². The minimum absolute atomic E-state index is 0.0213. The quantitative estimate of drug-likeness (QED) is 0.763. The minimum atomic E-state index is -0.0213. The van der Waals surface area contributed by atoms with Crippen molar-refractivity contribution < 1.29 is 14.3 Å². The molecule has 0 radical (unpaired) electrons. The Bertz CT molecular complexity index is 565. The molecular formula is C18H27ClN2O3. The highest BCUT2D eigenvalue weighted by atomic mass is 35.5. The summed E-state index contributed by atoms with van der Waals surface area (Å²) >= 11 is 6.38.